The fraction of sp³-hybridized carbons (Fsp3) is 0.143. The molecule has 4 rings (SSSR count). The van der Waals surface area contributed by atoms with Gasteiger partial charge in [0.1, 0.15) is 30.5 Å². The van der Waals surface area contributed by atoms with Crippen LogP contribution in [0.4, 0.5) is 11.4 Å². The number of para-hydroxylation sites is 1. The summed E-state index contributed by atoms with van der Waals surface area (Å²) in [5.74, 6) is 1.78. The molecular formula is C28H27N3O5. The zero-order chi connectivity index (χ0) is 25.0. The van der Waals surface area contributed by atoms with E-state index in [1.165, 1.54) is 0 Å². The number of hydrogen-bond donors (Lipinski definition) is 3. The van der Waals surface area contributed by atoms with Crippen molar-refractivity contribution in [2.45, 2.75) is 6.54 Å². The summed E-state index contributed by atoms with van der Waals surface area (Å²) in [5.41, 5.74) is 1.91. The first-order valence-corrected chi connectivity index (χ1v) is 11.5. The summed E-state index contributed by atoms with van der Waals surface area (Å²) >= 11 is 0. The molecular weight excluding hydrogens is 458 g/mol. The van der Waals surface area contributed by atoms with Crippen LogP contribution in [0.5, 0.6) is 11.5 Å². The summed E-state index contributed by atoms with van der Waals surface area (Å²) in [4.78, 5) is 24.5. The molecule has 1 aromatic heterocycles. The number of amides is 2. The summed E-state index contributed by atoms with van der Waals surface area (Å²) in [7, 11) is 0. The highest BCUT2D eigenvalue weighted by Crippen LogP contribution is 2.16. The van der Waals surface area contributed by atoms with Crippen LogP contribution < -0.4 is 25.4 Å². The van der Waals surface area contributed by atoms with Gasteiger partial charge in [0.25, 0.3) is 5.91 Å². The summed E-state index contributed by atoms with van der Waals surface area (Å²) in [6.07, 6.45) is 1.56. The average molecular weight is 486 g/mol. The van der Waals surface area contributed by atoms with Crippen LogP contribution in [-0.4, -0.2) is 31.6 Å². The van der Waals surface area contributed by atoms with E-state index in [9.17, 15) is 9.59 Å². The molecule has 184 valence electrons. The van der Waals surface area contributed by atoms with Crippen LogP contribution >= 0.6 is 0 Å². The third kappa shape index (κ3) is 7.66. The second-order valence-electron chi connectivity index (χ2n) is 7.78. The van der Waals surface area contributed by atoms with E-state index < -0.39 is 0 Å². The van der Waals surface area contributed by atoms with Gasteiger partial charge in [0.2, 0.25) is 5.91 Å². The van der Waals surface area contributed by atoms with Gasteiger partial charge in [-0.1, -0.05) is 18.2 Å². The molecule has 0 unspecified atom stereocenters. The van der Waals surface area contributed by atoms with Crippen molar-refractivity contribution in [2.24, 2.45) is 0 Å². The Morgan fingerprint density at radius 2 is 1.39 bits per heavy atom. The number of rotatable bonds is 12. The van der Waals surface area contributed by atoms with Gasteiger partial charge in [-0.15, -0.1) is 0 Å². The average Bonchev–Trinajstić information content (AvgIpc) is 3.44. The molecule has 8 heteroatoms. The number of ether oxygens (including phenoxy) is 2. The van der Waals surface area contributed by atoms with Crippen molar-refractivity contribution in [3.63, 3.8) is 0 Å². The maximum atomic E-state index is 12.3. The number of carbonyl (C=O) groups is 2. The normalized spacial score (nSPS) is 10.3. The first kappa shape index (κ1) is 24.4. The third-order valence-electron chi connectivity index (χ3n) is 5.11. The SMILES string of the molecule is O=C(CNc1ccc(C(=O)NCc2ccco2)cc1)Nc1ccc(OCCOc2ccccc2)cc1. The van der Waals surface area contributed by atoms with E-state index in [0.717, 1.165) is 11.4 Å². The van der Waals surface area contributed by atoms with Gasteiger partial charge in [-0.05, 0) is 72.8 Å². The lowest BCUT2D eigenvalue weighted by atomic mass is 10.2. The van der Waals surface area contributed by atoms with Crippen LogP contribution in [0, 0.1) is 0 Å². The fourth-order valence-corrected chi connectivity index (χ4v) is 3.28. The topological polar surface area (TPSA) is 102 Å². The van der Waals surface area contributed by atoms with Gasteiger partial charge >= 0.3 is 0 Å². The van der Waals surface area contributed by atoms with Crippen molar-refractivity contribution < 1.29 is 23.5 Å². The Hall–Kier alpha value is -4.72. The maximum absolute atomic E-state index is 12.3. The van der Waals surface area contributed by atoms with Crippen LogP contribution in [0.2, 0.25) is 0 Å². The molecule has 3 aromatic carbocycles. The standard InChI is InChI=1S/C28H27N3O5/c32-27(20-29-22-10-8-21(9-11-22)28(33)30-19-26-7-4-16-34-26)31-23-12-14-25(15-13-23)36-18-17-35-24-5-2-1-3-6-24/h1-16,29H,17-20H2,(H,30,33)(H,31,32). The lowest BCUT2D eigenvalue weighted by Gasteiger charge is -2.10. The zero-order valence-electron chi connectivity index (χ0n) is 19.6. The van der Waals surface area contributed by atoms with Gasteiger partial charge in [-0.25, -0.2) is 0 Å². The molecule has 1 heterocycles. The predicted molar refractivity (Wildman–Crippen MR) is 137 cm³/mol. The third-order valence-corrected chi connectivity index (χ3v) is 5.11. The molecule has 0 radical (unpaired) electrons. The van der Waals surface area contributed by atoms with Gasteiger partial charge < -0.3 is 29.8 Å². The molecule has 2 amide bonds. The number of hydrogen-bond acceptors (Lipinski definition) is 6. The first-order valence-electron chi connectivity index (χ1n) is 11.5. The molecule has 0 atom stereocenters. The molecule has 4 aromatic rings. The van der Waals surface area contributed by atoms with Crippen molar-refractivity contribution in [1.29, 1.82) is 0 Å². The van der Waals surface area contributed by atoms with E-state index >= 15 is 0 Å². The number of nitrogens with one attached hydrogen (secondary N) is 3. The van der Waals surface area contributed by atoms with Gasteiger partial charge in [-0.2, -0.15) is 0 Å². The summed E-state index contributed by atoms with van der Waals surface area (Å²) in [6, 6.07) is 27.2. The maximum Gasteiger partial charge on any atom is 0.251 e. The molecule has 36 heavy (non-hydrogen) atoms. The van der Waals surface area contributed by atoms with Crippen LogP contribution in [0.15, 0.2) is 102 Å². The van der Waals surface area contributed by atoms with Gasteiger partial charge in [0.05, 0.1) is 19.4 Å². The highest BCUT2D eigenvalue weighted by atomic mass is 16.5. The Labute approximate surface area is 209 Å². The number of anilines is 2. The molecule has 0 saturated heterocycles. The second kappa shape index (κ2) is 12.7. The van der Waals surface area contributed by atoms with Crippen molar-refractivity contribution in [3.8, 4) is 11.5 Å². The van der Waals surface area contributed by atoms with Gasteiger partial charge in [0.15, 0.2) is 0 Å². The molecule has 0 aliphatic rings. The van der Waals surface area contributed by atoms with Crippen molar-refractivity contribution in [2.75, 3.05) is 30.4 Å². The van der Waals surface area contributed by atoms with Crippen LogP contribution in [-0.2, 0) is 11.3 Å². The van der Waals surface area contributed by atoms with E-state index in [4.69, 9.17) is 13.9 Å². The van der Waals surface area contributed by atoms with E-state index in [1.54, 1.807) is 66.9 Å². The fourth-order valence-electron chi connectivity index (χ4n) is 3.28. The zero-order valence-corrected chi connectivity index (χ0v) is 19.6. The molecule has 3 N–H and O–H groups in total. The van der Waals surface area contributed by atoms with E-state index in [2.05, 4.69) is 16.0 Å². The van der Waals surface area contributed by atoms with Crippen molar-refractivity contribution in [1.82, 2.24) is 5.32 Å². The number of carbonyl (C=O) groups excluding carboxylic acids is 2. The highest BCUT2D eigenvalue weighted by Gasteiger charge is 2.07. The molecule has 8 nitrogen and oxygen atoms in total. The Balaban J connectivity index is 1.14. The van der Waals surface area contributed by atoms with Crippen LogP contribution in [0.3, 0.4) is 0 Å². The van der Waals surface area contributed by atoms with Crippen molar-refractivity contribution >= 4 is 23.2 Å². The Morgan fingerprint density at radius 1 is 0.722 bits per heavy atom. The predicted octanol–water partition coefficient (Wildman–Crippen LogP) is 4.72. The Bertz CT molecular complexity index is 1220. The van der Waals surface area contributed by atoms with E-state index in [0.29, 0.717) is 42.5 Å². The van der Waals surface area contributed by atoms with Gasteiger partial charge in [0, 0.05) is 16.9 Å². The second-order valence-corrected chi connectivity index (χ2v) is 7.78. The monoisotopic (exact) mass is 485 g/mol. The largest absolute Gasteiger partial charge is 0.490 e. The molecule has 0 saturated carbocycles. The van der Waals surface area contributed by atoms with E-state index in [-0.39, 0.29) is 18.4 Å². The molecule has 0 spiro atoms. The smallest absolute Gasteiger partial charge is 0.251 e. The van der Waals surface area contributed by atoms with Gasteiger partial charge in [-0.3, -0.25) is 9.59 Å². The Morgan fingerprint density at radius 3 is 2.06 bits per heavy atom. The highest BCUT2D eigenvalue weighted by molar-refractivity contribution is 5.95. The lowest BCUT2D eigenvalue weighted by molar-refractivity contribution is -0.114. The Kier molecular flexibility index (Phi) is 8.58. The minimum atomic E-state index is -0.202. The van der Waals surface area contributed by atoms with Crippen LogP contribution in [0.25, 0.3) is 0 Å². The summed E-state index contributed by atoms with van der Waals surface area (Å²) in [6.45, 7) is 1.25. The first-order chi connectivity index (χ1) is 17.7. The molecule has 0 aliphatic carbocycles. The lowest BCUT2D eigenvalue weighted by Crippen LogP contribution is -2.23. The number of benzene rings is 3. The number of furan rings is 1. The molecule has 0 fully saturated rings. The minimum absolute atomic E-state index is 0.0825. The summed E-state index contributed by atoms with van der Waals surface area (Å²) in [5, 5.41) is 8.67. The van der Waals surface area contributed by atoms with Crippen molar-refractivity contribution in [3.05, 3.63) is 109 Å². The minimum Gasteiger partial charge on any atom is -0.490 e. The molecule has 0 aliphatic heterocycles. The summed E-state index contributed by atoms with van der Waals surface area (Å²) < 4.78 is 16.5. The molecule has 0 bridgehead atoms. The quantitative estimate of drug-likeness (QED) is 0.251. The van der Waals surface area contributed by atoms with E-state index in [1.807, 2.05) is 30.3 Å². The van der Waals surface area contributed by atoms with Crippen LogP contribution in [0.1, 0.15) is 16.1 Å².